The minimum Gasteiger partial charge on any atom is -0.458 e. The minimum atomic E-state index is -4.78. The molecule has 1 aliphatic carbocycles. The Hall–Kier alpha value is -10.6. The molecule has 0 bridgehead atoms. The Labute approximate surface area is 583 Å². The van der Waals surface area contributed by atoms with Crippen LogP contribution in [0.15, 0.2) is 241 Å². The van der Waals surface area contributed by atoms with Crippen LogP contribution < -0.4 is 9.30 Å². The summed E-state index contributed by atoms with van der Waals surface area (Å²) in [6.45, 7) is -17.9. The number of hydrogen-bond acceptors (Lipinski definition) is 3. The zero-order chi connectivity index (χ0) is 90.7. The van der Waals surface area contributed by atoms with Crippen LogP contribution >= 0.6 is 0 Å². The first-order valence-corrected chi connectivity index (χ1v) is 29.5. The van der Waals surface area contributed by atoms with Crippen molar-refractivity contribution in [1.82, 2.24) is 14.1 Å². The van der Waals surface area contributed by atoms with Crippen LogP contribution in [0.4, 0.5) is 0 Å². The van der Waals surface area contributed by atoms with E-state index in [1.807, 2.05) is 47.0 Å². The van der Waals surface area contributed by atoms with E-state index in [1.165, 1.54) is 51.6 Å². The topological polar surface area (TPSA) is 49.0 Å². The molecule has 0 N–H and O–H groups in total. The smallest absolute Gasteiger partial charge is 0.269 e. The summed E-state index contributed by atoms with van der Waals surface area (Å²) in [5.74, 6) is 0.923. The molecule has 92 heavy (non-hydrogen) atoms. The maximum absolute atomic E-state index is 10.6. The normalized spacial score (nSPS) is 21.1. The molecule has 1 aliphatic heterocycles. The molecule has 446 valence electrons. The van der Waals surface area contributed by atoms with Gasteiger partial charge in [-0.15, -0.1) is 0 Å². The van der Waals surface area contributed by atoms with E-state index in [1.54, 1.807) is 72.9 Å². The van der Waals surface area contributed by atoms with Gasteiger partial charge in [-0.2, -0.15) is 0 Å². The highest BCUT2D eigenvalue weighted by atomic mass is 16.5. The molecular formula is C86H70N4O2. The summed E-state index contributed by atoms with van der Waals surface area (Å²) in [4.78, 5) is 4.84. The van der Waals surface area contributed by atoms with Gasteiger partial charge in [-0.3, -0.25) is 13.7 Å². The lowest BCUT2D eigenvalue weighted by atomic mass is 9.63. The first-order valence-electron chi connectivity index (χ1n) is 46.0. The fourth-order valence-corrected chi connectivity index (χ4v) is 13.0. The van der Waals surface area contributed by atoms with Crippen molar-refractivity contribution in [3.05, 3.63) is 271 Å². The summed E-state index contributed by atoms with van der Waals surface area (Å²) in [5, 5.41) is 2.70. The molecule has 17 rings (SSSR count). The molecule has 0 atom stereocenters. The van der Waals surface area contributed by atoms with E-state index < -0.39 is 198 Å². The average molecular weight is 1220 g/mol. The fourth-order valence-electron chi connectivity index (χ4n) is 13.0. The predicted octanol–water partition coefficient (Wildman–Crippen LogP) is 22.5. The summed E-state index contributed by atoms with van der Waals surface area (Å²) in [6, 6.07) is 30.9. The standard InChI is InChI=1S/C86H70N4O2/c1-52-20-18-21-53(2)81(52)57-44-69(55-33-37-79-70(42-55)68-29-15-17-31-78(68)92-79)82-71(45-57)64-26-12-10-24-62(64)63-25-11-13-27-65(63)72-43-56(54-32-36-73-74(46-54)86(8,9)40-39-85(73,6)7)47-77-83(72)89(82)51-88(77)59-22-19-23-60(49-59)91-61-34-35-67-66-28-14-16-30-75(66)90(76(67)50-61)80-48-58(38-41-87-80)84(3,4)5/h10-38,41-50H,39-40H2,1-9H3/i1D3,2D3,6D3,7D3,8D3,9D3,10D,11D,12D,13D,24D,25D,26D,27D,32D,36D,39D2,40D2,46D. The van der Waals surface area contributed by atoms with Gasteiger partial charge in [-0.25, -0.2) is 4.98 Å². The van der Waals surface area contributed by atoms with Gasteiger partial charge < -0.3 is 9.15 Å². The van der Waals surface area contributed by atoms with Crippen molar-refractivity contribution in [1.29, 1.82) is 0 Å². The third kappa shape index (κ3) is 8.82. The van der Waals surface area contributed by atoms with Crippen LogP contribution in [-0.4, -0.2) is 14.1 Å². The van der Waals surface area contributed by atoms with Gasteiger partial charge in [-0.1, -0.05) is 187 Å². The lowest BCUT2D eigenvalue weighted by Gasteiger charge is -2.42. The number of para-hydroxylation sites is 2. The van der Waals surface area contributed by atoms with E-state index in [0.717, 1.165) is 34.0 Å². The highest BCUT2D eigenvalue weighted by Crippen LogP contribution is 2.51. The number of aryl methyl sites for hydroxylation is 2. The summed E-state index contributed by atoms with van der Waals surface area (Å²) in [6.07, 6.45) is -4.35. The zero-order valence-electron chi connectivity index (χ0n) is 82.3. The van der Waals surface area contributed by atoms with Crippen molar-refractivity contribution in [2.45, 2.75) is 90.9 Å². The second-order valence-electron chi connectivity index (χ2n) is 24.2. The Bertz CT molecular complexity index is 7130. The zero-order valence-corrected chi connectivity index (χ0v) is 49.3. The molecular weight excluding hydrogens is 1120 g/mol. The van der Waals surface area contributed by atoms with Crippen LogP contribution in [0.3, 0.4) is 0 Å². The van der Waals surface area contributed by atoms with Crippen LogP contribution in [0.2, 0.25) is 0 Å². The number of furan rings is 1. The third-order valence-electron chi connectivity index (χ3n) is 17.4. The number of nitrogens with zero attached hydrogens (tertiary/aromatic N) is 4. The number of fused-ring (bicyclic) bond motifs is 14. The summed E-state index contributed by atoms with van der Waals surface area (Å²) in [5.41, 5.74) is -17.5. The van der Waals surface area contributed by atoms with E-state index in [-0.39, 0.29) is 61.6 Å². The average Bonchev–Trinajstić information content (AvgIpc) is 1.12. The molecule has 2 aliphatic rings. The summed E-state index contributed by atoms with van der Waals surface area (Å²) < 4.78 is 331. The summed E-state index contributed by atoms with van der Waals surface area (Å²) >= 11 is 0. The Morgan fingerprint density at radius 2 is 1.22 bits per heavy atom. The highest BCUT2D eigenvalue weighted by molar-refractivity contribution is 6.10. The first kappa shape index (κ1) is 31.0. The van der Waals surface area contributed by atoms with Crippen LogP contribution in [0.1, 0.15) is 134 Å². The van der Waals surface area contributed by atoms with Gasteiger partial charge in [0.2, 0.25) is 0 Å². The molecule has 11 aromatic carbocycles. The molecule has 5 heterocycles. The Kier molecular flexibility index (Phi) is 6.89. The largest absolute Gasteiger partial charge is 0.458 e. The first-order chi connectivity index (χ1) is 58.1. The molecule has 0 saturated carbocycles. The maximum Gasteiger partial charge on any atom is 0.269 e. The highest BCUT2D eigenvalue weighted by Gasteiger charge is 2.38. The monoisotopic (exact) mass is 1220 g/mol. The van der Waals surface area contributed by atoms with Crippen molar-refractivity contribution >= 4 is 54.8 Å². The predicted molar refractivity (Wildman–Crippen MR) is 379 cm³/mol. The van der Waals surface area contributed by atoms with Crippen LogP contribution in [0.25, 0.3) is 139 Å². The fraction of sp³-hybridized carbons (Fsp3) is 0.163. The molecule has 0 radical (unpaired) electrons. The van der Waals surface area contributed by atoms with Crippen molar-refractivity contribution in [3.8, 4) is 95.5 Å². The Morgan fingerprint density at radius 1 is 0.543 bits per heavy atom. The second kappa shape index (κ2) is 20.5. The molecule has 15 aromatic rings. The van der Waals surface area contributed by atoms with E-state index in [4.69, 9.17) is 30.6 Å². The van der Waals surface area contributed by atoms with Crippen LogP contribution in [-0.2, 0) is 16.2 Å². The summed E-state index contributed by atoms with van der Waals surface area (Å²) in [7, 11) is 0. The maximum atomic E-state index is 10.6. The Morgan fingerprint density at radius 3 is 1.99 bits per heavy atom. The molecule has 0 saturated heterocycles. The number of hydrogen-bond donors (Lipinski definition) is 0. The van der Waals surface area contributed by atoms with Gasteiger partial charge in [0.15, 0.2) is 0 Å². The van der Waals surface area contributed by atoms with Gasteiger partial charge in [-0.05, 0) is 222 Å². The van der Waals surface area contributed by atoms with Gasteiger partial charge in [0.05, 0.1) is 48.5 Å². The van der Waals surface area contributed by atoms with E-state index in [2.05, 4.69) is 27.1 Å². The molecule has 0 unspecified atom stereocenters. The van der Waals surface area contributed by atoms with Gasteiger partial charge in [0.25, 0.3) is 6.33 Å². The quantitative estimate of drug-likeness (QED) is 0.118. The lowest BCUT2D eigenvalue weighted by Crippen LogP contribution is -2.33. The van der Waals surface area contributed by atoms with Crippen molar-refractivity contribution in [3.63, 3.8) is 0 Å². The van der Waals surface area contributed by atoms with E-state index in [0.29, 0.717) is 33.3 Å². The molecule has 0 amide bonds. The molecule has 0 spiro atoms. The van der Waals surface area contributed by atoms with Gasteiger partial charge in [0, 0.05) is 64.0 Å². The van der Waals surface area contributed by atoms with E-state index >= 15 is 0 Å². The van der Waals surface area contributed by atoms with Crippen LogP contribution in [0, 0.1) is 20.0 Å². The number of imidazole rings is 1. The molecule has 6 nitrogen and oxygen atoms in total. The van der Waals surface area contributed by atoms with E-state index in [9.17, 15) is 28.8 Å². The number of benzene rings is 11. The molecule has 4 aromatic heterocycles. The number of aromatic nitrogens is 4. The Balaban J connectivity index is 1.09. The lowest BCUT2D eigenvalue weighted by molar-refractivity contribution is -0.570. The molecule has 6 heteroatoms. The number of rotatable bonds is 7. The second-order valence-corrected chi connectivity index (χ2v) is 24.2. The van der Waals surface area contributed by atoms with Gasteiger partial charge >= 0.3 is 0 Å². The minimum absolute atomic E-state index is 0.0189. The third-order valence-corrected chi connectivity index (χ3v) is 17.4. The van der Waals surface area contributed by atoms with Gasteiger partial charge in [0.1, 0.15) is 28.5 Å². The number of ether oxygens (including phenoxy) is 1. The number of pyridine rings is 1. The van der Waals surface area contributed by atoms with Crippen molar-refractivity contribution in [2.24, 2.45) is 0 Å². The van der Waals surface area contributed by atoms with Crippen LogP contribution in [0.5, 0.6) is 11.5 Å². The SMILES string of the molecule is [2H]c1c([2H])c([2H])c2c(c1[2H])-c1cc(-c3c(C([2H])([2H])[2H])cccc3C([2H])([2H])[2H])cc(-c3ccc4oc5ccccc5c4c3)c1-[n+]1[c-]n(-c3cccc(Oc4ccc5c6ccccc6n(-c6cc(C(C)(C)C)ccn6)c5c4)c3)c3cc(-c4c([2H])c([2H])c5c(c4[2H])C(C([2H])([2H])[2H])(C([2H])([2H])[2H])C([2H])([2H])C([2H])([2H])C5(C([2H])([2H])[2H])C([2H])([2H])[2H])cc(c31)-c1c([2H])c([2H])c([2H])c([2H])c1-2. The van der Waals surface area contributed by atoms with Crippen molar-refractivity contribution in [2.75, 3.05) is 0 Å². The molecule has 0 fully saturated rings. The van der Waals surface area contributed by atoms with Crippen molar-refractivity contribution < 1.29 is 59.0 Å².